The largest absolute Gasteiger partial charge is 0.460 e. The number of benzene rings is 1. The van der Waals surface area contributed by atoms with Crippen molar-refractivity contribution in [3.63, 3.8) is 0 Å². The molecule has 26 heavy (non-hydrogen) atoms. The van der Waals surface area contributed by atoms with Crippen molar-refractivity contribution in [3.05, 3.63) is 28.0 Å². The van der Waals surface area contributed by atoms with Gasteiger partial charge in [-0.2, -0.15) is 0 Å². The highest BCUT2D eigenvalue weighted by molar-refractivity contribution is 9.10. The molecule has 1 aliphatic carbocycles. The van der Waals surface area contributed by atoms with Crippen molar-refractivity contribution in [3.8, 4) is 0 Å². The zero-order valence-corrected chi connectivity index (χ0v) is 17.8. The molecular formula is C20H27BrFNO3. The Bertz CT molecular complexity index is 773. The average molecular weight is 428 g/mol. The molecule has 3 atom stereocenters. The third kappa shape index (κ3) is 2.60. The standard InChI is InChI=1S/C20H27BrFNO3/c1-17(2,3)26-16(24)11-7-8-20(25)18(4,5)23-15-10-14(22)13(21)9-12(15)19(11,20)6/h9-11,23,25H,7-8H2,1-6H3. The molecule has 0 spiro atoms. The van der Waals surface area contributed by atoms with Crippen LogP contribution in [0.3, 0.4) is 0 Å². The van der Waals surface area contributed by atoms with E-state index in [1.807, 2.05) is 41.5 Å². The third-order valence-corrected chi connectivity index (χ3v) is 6.75. The van der Waals surface area contributed by atoms with Crippen LogP contribution < -0.4 is 5.32 Å². The fourth-order valence-electron chi connectivity index (χ4n) is 4.81. The summed E-state index contributed by atoms with van der Waals surface area (Å²) >= 11 is 3.25. The quantitative estimate of drug-likeness (QED) is 0.646. The first kappa shape index (κ1) is 19.6. The number of fused-ring (bicyclic) bond motifs is 3. The molecule has 0 amide bonds. The summed E-state index contributed by atoms with van der Waals surface area (Å²) in [5, 5.41) is 15.0. The Balaban J connectivity index is 2.20. The molecule has 0 aromatic heterocycles. The molecule has 3 unspecified atom stereocenters. The number of halogens is 2. The maximum Gasteiger partial charge on any atom is 0.310 e. The van der Waals surface area contributed by atoms with Crippen molar-refractivity contribution < 1.29 is 19.0 Å². The van der Waals surface area contributed by atoms with Gasteiger partial charge in [-0.05, 0) is 81.1 Å². The Morgan fingerprint density at radius 2 is 1.96 bits per heavy atom. The lowest BCUT2D eigenvalue weighted by Gasteiger charge is -2.56. The van der Waals surface area contributed by atoms with Crippen molar-refractivity contribution in [1.82, 2.24) is 0 Å². The van der Waals surface area contributed by atoms with Gasteiger partial charge in [-0.3, -0.25) is 4.79 Å². The van der Waals surface area contributed by atoms with E-state index >= 15 is 0 Å². The highest BCUT2D eigenvalue weighted by atomic mass is 79.9. The first-order chi connectivity index (χ1) is 11.7. The fourth-order valence-corrected chi connectivity index (χ4v) is 5.15. The predicted octanol–water partition coefficient (Wildman–Crippen LogP) is 4.53. The summed E-state index contributed by atoms with van der Waals surface area (Å²) in [6.07, 6.45) is 0.975. The lowest BCUT2D eigenvalue weighted by molar-refractivity contribution is -0.165. The molecule has 6 heteroatoms. The third-order valence-electron chi connectivity index (χ3n) is 6.14. The Hall–Kier alpha value is -1.14. The van der Waals surface area contributed by atoms with E-state index in [2.05, 4.69) is 21.2 Å². The van der Waals surface area contributed by atoms with Crippen molar-refractivity contribution in [2.45, 2.75) is 76.5 Å². The van der Waals surface area contributed by atoms with Crippen LogP contribution in [-0.4, -0.2) is 27.8 Å². The Morgan fingerprint density at radius 3 is 2.54 bits per heavy atom. The number of carbonyl (C=O) groups is 1. The number of nitrogens with one attached hydrogen (secondary N) is 1. The molecule has 3 rings (SSSR count). The van der Waals surface area contributed by atoms with Gasteiger partial charge in [0.25, 0.3) is 0 Å². The highest BCUT2D eigenvalue weighted by Crippen LogP contribution is 2.61. The van der Waals surface area contributed by atoms with E-state index in [9.17, 15) is 14.3 Å². The van der Waals surface area contributed by atoms with E-state index < -0.39 is 28.1 Å². The summed E-state index contributed by atoms with van der Waals surface area (Å²) in [7, 11) is 0. The van der Waals surface area contributed by atoms with Gasteiger partial charge in [0, 0.05) is 11.1 Å². The van der Waals surface area contributed by atoms with Gasteiger partial charge in [0.1, 0.15) is 11.4 Å². The summed E-state index contributed by atoms with van der Waals surface area (Å²) in [5.74, 6) is -1.21. The minimum absolute atomic E-state index is 0.316. The summed E-state index contributed by atoms with van der Waals surface area (Å²) in [4.78, 5) is 13.0. The van der Waals surface area contributed by atoms with Gasteiger partial charge in [-0.1, -0.05) is 6.92 Å². The monoisotopic (exact) mass is 427 g/mol. The molecule has 1 fully saturated rings. The second-order valence-corrected chi connectivity index (χ2v) is 10.1. The van der Waals surface area contributed by atoms with Gasteiger partial charge < -0.3 is 15.2 Å². The van der Waals surface area contributed by atoms with E-state index in [0.29, 0.717) is 23.0 Å². The van der Waals surface area contributed by atoms with Crippen molar-refractivity contribution in [2.24, 2.45) is 5.92 Å². The molecule has 1 aromatic rings. The van der Waals surface area contributed by atoms with Crippen LogP contribution >= 0.6 is 15.9 Å². The lowest BCUT2D eigenvalue weighted by atomic mass is 9.57. The first-order valence-corrected chi connectivity index (χ1v) is 9.75. The molecule has 1 aliphatic heterocycles. The molecule has 4 nitrogen and oxygen atoms in total. The highest BCUT2D eigenvalue weighted by Gasteiger charge is 2.68. The zero-order chi connectivity index (χ0) is 19.7. The number of aliphatic hydroxyl groups is 1. The van der Waals surface area contributed by atoms with E-state index in [1.54, 1.807) is 6.07 Å². The number of anilines is 1. The van der Waals surface area contributed by atoms with Gasteiger partial charge in [-0.25, -0.2) is 4.39 Å². The molecular weight excluding hydrogens is 401 g/mol. The SMILES string of the molecule is CC(C)(C)OC(=O)C1CCC2(O)C(C)(C)Nc3cc(F)c(Br)cc3C12C. The molecule has 0 radical (unpaired) electrons. The van der Waals surface area contributed by atoms with Crippen molar-refractivity contribution >= 4 is 27.6 Å². The smallest absolute Gasteiger partial charge is 0.310 e. The fraction of sp³-hybridized carbons (Fsp3) is 0.650. The van der Waals surface area contributed by atoms with Gasteiger partial charge >= 0.3 is 5.97 Å². The van der Waals surface area contributed by atoms with E-state index in [1.165, 1.54) is 6.07 Å². The summed E-state index contributed by atoms with van der Waals surface area (Å²) < 4.78 is 20.1. The number of hydrogen-bond donors (Lipinski definition) is 2. The Labute approximate surface area is 162 Å². The van der Waals surface area contributed by atoms with E-state index in [0.717, 1.165) is 5.56 Å². The maximum atomic E-state index is 14.2. The zero-order valence-electron chi connectivity index (χ0n) is 16.2. The molecule has 2 aliphatic rings. The Kier molecular flexibility index (Phi) is 4.28. The number of rotatable bonds is 1. The summed E-state index contributed by atoms with van der Waals surface area (Å²) in [6, 6.07) is 3.11. The molecule has 1 saturated carbocycles. The molecule has 144 valence electrons. The number of esters is 1. The maximum absolute atomic E-state index is 14.2. The lowest BCUT2D eigenvalue weighted by Crippen LogP contribution is -2.67. The van der Waals surface area contributed by atoms with Gasteiger partial charge in [0.05, 0.1) is 21.5 Å². The predicted molar refractivity (Wildman–Crippen MR) is 103 cm³/mol. The summed E-state index contributed by atoms with van der Waals surface area (Å²) in [6.45, 7) is 11.2. The van der Waals surface area contributed by atoms with Crippen LogP contribution in [0.1, 0.15) is 59.9 Å². The van der Waals surface area contributed by atoms with Gasteiger partial charge in [0.2, 0.25) is 0 Å². The molecule has 2 N–H and O–H groups in total. The van der Waals surface area contributed by atoms with Crippen LogP contribution in [0.5, 0.6) is 0 Å². The van der Waals surface area contributed by atoms with Crippen LogP contribution in [0.15, 0.2) is 16.6 Å². The molecule has 0 bridgehead atoms. The first-order valence-electron chi connectivity index (χ1n) is 8.96. The number of ether oxygens (including phenoxy) is 1. The van der Waals surface area contributed by atoms with E-state index in [-0.39, 0.29) is 11.8 Å². The molecule has 1 heterocycles. The summed E-state index contributed by atoms with van der Waals surface area (Å²) in [5.41, 5.74) is -2.06. The van der Waals surface area contributed by atoms with Crippen LogP contribution in [0.2, 0.25) is 0 Å². The number of hydrogen-bond acceptors (Lipinski definition) is 4. The van der Waals surface area contributed by atoms with Crippen LogP contribution in [0.25, 0.3) is 0 Å². The van der Waals surface area contributed by atoms with Crippen LogP contribution in [0.4, 0.5) is 10.1 Å². The number of carbonyl (C=O) groups excluding carboxylic acids is 1. The van der Waals surface area contributed by atoms with Crippen molar-refractivity contribution in [2.75, 3.05) is 5.32 Å². The average Bonchev–Trinajstić information content (AvgIpc) is 2.75. The van der Waals surface area contributed by atoms with Gasteiger partial charge in [-0.15, -0.1) is 0 Å². The van der Waals surface area contributed by atoms with Crippen LogP contribution in [-0.2, 0) is 14.9 Å². The molecule has 0 saturated heterocycles. The van der Waals surface area contributed by atoms with Gasteiger partial charge in [0.15, 0.2) is 0 Å². The van der Waals surface area contributed by atoms with Crippen molar-refractivity contribution in [1.29, 1.82) is 0 Å². The van der Waals surface area contributed by atoms with Crippen LogP contribution in [0, 0.1) is 11.7 Å². The topological polar surface area (TPSA) is 58.6 Å². The van der Waals surface area contributed by atoms with E-state index in [4.69, 9.17) is 4.74 Å². The second-order valence-electron chi connectivity index (χ2n) is 9.25. The minimum Gasteiger partial charge on any atom is -0.460 e. The second kappa shape index (κ2) is 5.68. The normalized spacial score (nSPS) is 32.4. The Morgan fingerprint density at radius 1 is 1.35 bits per heavy atom. The molecule has 1 aromatic carbocycles. The minimum atomic E-state index is -1.17.